The number of unbranched alkanes of at least 4 members (excludes halogenated alkanes) is 1. The van der Waals surface area contributed by atoms with E-state index >= 15 is 0 Å². The molecule has 1 aromatic heterocycles. The minimum Gasteiger partial charge on any atom is -0.388 e. The van der Waals surface area contributed by atoms with Crippen LogP contribution in [-0.4, -0.2) is 66.0 Å². The molecule has 14 heteroatoms. The monoisotopic (exact) mass is 610 g/mol. The van der Waals surface area contributed by atoms with Crippen LogP contribution >= 0.6 is 11.3 Å². The Kier molecular flexibility index (Phi) is 11.3. The summed E-state index contributed by atoms with van der Waals surface area (Å²) in [6.07, 6.45) is -1.02. The smallest absolute Gasteiger partial charge is 0.271 e. The third-order valence-electron chi connectivity index (χ3n) is 6.10. The number of thiazole rings is 1. The molecule has 0 aliphatic carbocycles. The molecule has 0 bridgehead atoms. The first-order chi connectivity index (χ1) is 19.4. The molecular formula is C27H32F2N4O6S2. The second-order valence-corrected chi connectivity index (χ2v) is 12.1. The molecule has 222 valence electrons. The number of aliphatic hydroxyl groups excluding tert-OH is 2. The number of hydrogen-bond acceptors (Lipinski definition) is 8. The fourth-order valence-corrected chi connectivity index (χ4v) is 5.68. The summed E-state index contributed by atoms with van der Waals surface area (Å²) in [7, 11) is -3.65. The number of sulfonamides is 1. The number of anilines is 1. The van der Waals surface area contributed by atoms with Crippen molar-refractivity contribution in [1.82, 2.24) is 15.6 Å². The first-order valence-electron chi connectivity index (χ1n) is 12.8. The van der Waals surface area contributed by atoms with Gasteiger partial charge in [-0.3, -0.25) is 14.3 Å². The Labute approximate surface area is 240 Å². The third kappa shape index (κ3) is 9.85. The van der Waals surface area contributed by atoms with Crippen molar-refractivity contribution in [1.29, 1.82) is 0 Å². The average Bonchev–Trinajstić information content (AvgIpc) is 3.36. The Morgan fingerprint density at radius 2 is 1.59 bits per heavy atom. The minimum absolute atomic E-state index is 0.0646. The van der Waals surface area contributed by atoms with Crippen LogP contribution < -0.4 is 15.4 Å². The van der Waals surface area contributed by atoms with Crippen LogP contribution in [0.4, 0.5) is 13.9 Å². The van der Waals surface area contributed by atoms with E-state index in [2.05, 4.69) is 20.3 Å². The summed E-state index contributed by atoms with van der Waals surface area (Å²) in [5.41, 5.74) is 0.256. The number of hydrogen-bond donors (Lipinski definition) is 5. The van der Waals surface area contributed by atoms with Crippen molar-refractivity contribution < 1.29 is 37.0 Å². The summed E-state index contributed by atoms with van der Waals surface area (Å²) in [4.78, 5) is 29.8. The van der Waals surface area contributed by atoms with Crippen molar-refractivity contribution in [2.45, 2.75) is 56.9 Å². The number of benzene rings is 2. The van der Waals surface area contributed by atoms with Crippen LogP contribution in [-0.2, 0) is 16.4 Å². The Morgan fingerprint density at radius 3 is 2.20 bits per heavy atom. The Balaban J connectivity index is 1.87. The summed E-state index contributed by atoms with van der Waals surface area (Å²) in [5, 5.41) is 29.0. The molecule has 5 N–H and O–H groups in total. The van der Waals surface area contributed by atoms with Crippen molar-refractivity contribution >= 4 is 38.3 Å². The van der Waals surface area contributed by atoms with Crippen molar-refractivity contribution in [3.63, 3.8) is 0 Å². The highest BCUT2D eigenvalue weighted by Gasteiger charge is 2.34. The molecule has 0 radical (unpaired) electrons. The van der Waals surface area contributed by atoms with E-state index in [1.165, 1.54) is 5.38 Å². The molecule has 3 aromatic rings. The summed E-state index contributed by atoms with van der Waals surface area (Å²) in [6, 6.07) is 8.82. The van der Waals surface area contributed by atoms with Crippen LogP contribution in [0.2, 0.25) is 0 Å². The largest absolute Gasteiger partial charge is 0.388 e. The lowest BCUT2D eigenvalue weighted by molar-refractivity contribution is -0.0238. The number of aliphatic hydroxyl groups is 2. The highest BCUT2D eigenvalue weighted by molar-refractivity contribution is 7.92. The summed E-state index contributed by atoms with van der Waals surface area (Å²) < 4.78 is 53.0. The Bertz CT molecular complexity index is 1420. The van der Waals surface area contributed by atoms with Gasteiger partial charge in [-0.05, 0) is 42.7 Å². The molecule has 41 heavy (non-hydrogen) atoms. The van der Waals surface area contributed by atoms with E-state index in [1.807, 2.05) is 6.92 Å². The standard InChI is InChI=1S/C27H32F2N4O6S2/c1-3-4-10-20(30-25(36)17-8-6-5-7-9-17)23(34)24(35)21(13-16-11-18(28)14-19(29)12-16)31-26(37)22-15-40-27(32-22)33-41(2,38)39/h5-9,11-12,14-15,20-21,23-24,34-35H,3-4,10,13H2,1-2H3,(H,30,36)(H,31,37)(H,32,33)/t20-,21+,23-,24-/m1/s1. The van der Waals surface area contributed by atoms with Gasteiger partial charge in [-0.25, -0.2) is 22.2 Å². The quantitative estimate of drug-likeness (QED) is 0.188. The van der Waals surface area contributed by atoms with Crippen molar-refractivity contribution in [3.8, 4) is 0 Å². The molecule has 0 unspecified atom stereocenters. The van der Waals surface area contributed by atoms with Crippen LogP contribution in [0, 0.1) is 11.6 Å². The zero-order valence-electron chi connectivity index (χ0n) is 22.4. The summed E-state index contributed by atoms with van der Waals surface area (Å²) in [6.45, 7) is 1.92. The van der Waals surface area contributed by atoms with Crippen LogP contribution in [0.5, 0.6) is 0 Å². The van der Waals surface area contributed by atoms with E-state index in [9.17, 15) is 37.0 Å². The number of rotatable bonds is 14. The van der Waals surface area contributed by atoms with Crippen LogP contribution in [0.25, 0.3) is 0 Å². The van der Waals surface area contributed by atoms with Gasteiger partial charge < -0.3 is 20.8 Å². The van der Waals surface area contributed by atoms with E-state index in [4.69, 9.17) is 0 Å². The van der Waals surface area contributed by atoms with Gasteiger partial charge in [0.1, 0.15) is 29.5 Å². The van der Waals surface area contributed by atoms with Crippen molar-refractivity contribution in [2.24, 2.45) is 0 Å². The Hall–Kier alpha value is -3.46. The van der Waals surface area contributed by atoms with Gasteiger partial charge in [0, 0.05) is 17.0 Å². The molecule has 0 fully saturated rings. The second-order valence-electron chi connectivity index (χ2n) is 9.54. The van der Waals surface area contributed by atoms with E-state index in [-0.39, 0.29) is 22.8 Å². The third-order valence-corrected chi connectivity index (χ3v) is 7.55. The minimum atomic E-state index is -3.65. The molecule has 0 aliphatic rings. The molecule has 1 heterocycles. The zero-order chi connectivity index (χ0) is 30.2. The van der Waals surface area contributed by atoms with Gasteiger partial charge in [-0.15, -0.1) is 11.3 Å². The fraction of sp³-hybridized carbons (Fsp3) is 0.370. The number of amides is 2. The second kappa shape index (κ2) is 14.4. The van der Waals surface area contributed by atoms with Crippen LogP contribution in [0.1, 0.15) is 52.6 Å². The molecule has 2 aromatic carbocycles. The lowest BCUT2D eigenvalue weighted by Gasteiger charge is -2.33. The SMILES string of the molecule is CCCC[C@@H](NC(=O)c1ccccc1)[C@@H](O)[C@H](O)[C@H](Cc1cc(F)cc(F)c1)NC(=O)c1csc(NS(C)(=O)=O)n1. The number of carbonyl (C=O) groups is 2. The number of nitrogens with zero attached hydrogens (tertiary/aromatic N) is 1. The molecule has 0 saturated heterocycles. The first-order valence-corrected chi connectivity index (χ1v) is 15.5. The van der Waals surface area contributed by atoms with E-state index in [0.717, 1.165) is 36.1 Å². The van der Waals surface area contributed by atoms with E-state index in [0.29, 0.717) is 24.5 Å². The molecule has 0 aliphatic heterocycles. The number of nitrogens with one attached hydrogen (secondary N) is 3. The van der Waals surface area contributed by atoms with E-state index in [1.54, 1.807) is 30.3 Å². The van der Waals surface area contributed by atoms with E-state index < -0.39 is 57.8 Å². The Morgan fingerprint density at radius 1 is 0.976 bits per heavy atom. The molecule has 3 rings (SSSR count). The van der Waals surface area contributed by atoms with Gasteiger partial charge in [-0.2, -0.15) is 0 Å². The average molecular weight is 611 g/mol. The molecule has 10 nitrogen and oxygen atoms in total. The van der Waals surface area contributed by atoms with Crippen LogP contribution in [0.3, 0.4) is 0 Å². The highest BCUT2D eigenvalue weighted by Crippen LogP contribution is 2.20. The summed E-state index contributed by atoms with van der Waals surface area (Å²) >= 11 is 0.852. The maximum Gasteiger partial charge on any atom is 0.271 e. The predicted octanol–water partition coefficient (Wildman–Crippen LogP) is 2.84. The van der Waals surface area contributed by atoms with Crippen molar-refractivity contribution in [3.05, 3.63) is 82.4 Å². The summed E-state index contributed by atoms with van der Waals surface area (Å²) in [5.74, 6) is -3.03. The van der Waals surface area contributed by atoms with Gasteiger partial charge in [-0.1, -0.05) is 38.0 Å². The fourth-order valence-electron chi connectivity index (χ4n) is 4.14. The number of aromatic nitrogens is 1. The maximum atomic E-state index is 13.9. The van der Waals surface area contributed by atoms with Gasteiger partial charge in [0.15, 0.2) is 5.13 Å². The number of carbonyl (C=O) groups excluding carboxylic acids is 2. The molecule has 2 amide bonds. The molecule has 4 atom stereocenters. The molecular weight excluding hydrogens is 578 g/mol. The lowest BCUT2D eigenvalue weighted by atomic mass is 9.91. The normalized spacial score (nSPS) is 14.5. The zero-order valence-corrected chi connectivity index (χ0v) is 24.0. The predicted molar refractivity (Wildman–Crippen MR) is 151 cm³/mol. The van der Waals surface area contributed by atoms with Crippen molar-refractivity contribution in [2.75, 3.05) is 11.0 Å². The lowest BCUT2D eigenvalue weighted by Crippen LogP contribution is -2.56. The van der Waals surface area contributed by atoms with Gasteiger partial charge in [0.25, 0.3) is 11.8 Å². The van der Waals surface area contributed by atoms with Gasteiger partial charge in [0.05, 0.1) is 18.3 Å². The van der Waals surface area contributed by atoms with Gasteiger partial charge in [0.2, 0.25) is 10.0 Å². The highest BCUT2D eigenvalue weighted by atomic mass is 32.2. The maximum absolute atomic E-state index is 13.9. The number of halogens is 2. The van der Waals surface area contributed by atoms with Crippen LogP contribution in [0.15, 0.2) is 53.9 Å². The molecule has 0 saturated carbocycles. The topological polar surface area (TPSA) is 158 Å². The first kappa shape index (κ1) is 32.1. The molecule has 0 spiro atoms. The van der Waals surface area contributed by atoms with Gasteiger partial charge >= 0.3 is 0 Å².